The van der Waals surface area contributed by atoms with E-state index in [0.29, 0.717) is 11.5 Å². The van der Waals surface area contributed by atoms with E-state index in [1.807, 2.05) is 6.08 Å². The van der Waals surface area contributed by atoms with Crippen molar-refractivity contribution in [3.8, 4) is 0 Å². The Morgan fingerprint density at radius 1 is 1.44 bits per heavy atom. The van der Waals surface area contributed by atoms with Gasteiger partial charge in [-0.3, -0.25) is 4.79 Å². The van der Waals surface area contributed by atoms with Crippen molar-refractivity contribution in [2.45, 2.75) is 39.7 Å². The molecule has 0 aliphatic carbocycles. The Labute approximate surface area is 97.7 Å². The van der Waals surface area contributed by atoms with Crippen molar-refractivity contribution in [2.75, 3.05) is 0 Å². The molecule has 3 nitrogen and oxygen atoms in total. The molecule has 2 N–H and O–H groups in total. The molecule has 1 atom stereocenters. The van der Waals surface area contributed by atoms with E-state index in [1.165, 1.54) is 11.6 Å². The first-order valence-corrected chi connectivity index (χ1v) is 5.52. The summed E-state index contributed by atoms with van der Waals surface area (Å²) >= 11 is 0. The molecule has 1 unspecified atom stereocenters. The second kappa shape index (κ2) is 7.74. The summed E-state index contributed by atoms with van der Waals surface area (Å²) in [6.07, 6.45) is 5.52. The summed E-state index contributed by atoms with van der Waals surface area (Å²) in [7, 11) is 0. The van der Waals surface area contributed by atoms with Crippen LogP contribution in [0, 0.1) is 0 Å². The van der Waals surface area contributed by atoms with Crippen LogP contribution >= 0.6 is 0 Å². The van der Waals surface area contributed by atoms with Gasteiger partial charge in [0.2, 0.25) is 0 Å². The van der Waals surface area contributed by atoms with Gasteiger partial charge >= 0.3 is 0 Å². The lowest BCUT2D eigenvalue weighted by Gasteiger charge is -2.11. The van der Waals surface area contributed by atoms with Gasteiger partial charge in [-0.1, -0.05) is 26.0 Å². The standard InChI is InChI=1S/C13H21NO2/c1-5-11(6-2)8-12(14)13(7-3)16-10(4)9-15/h7-10H,3,5-6,14H2,1-2,4H3/b13-12-. The van der Waals surface area contributed by atoms with E-state index >= 15 is 0 Å². The van der Waals surface area contributed by atoms with Gasteiger partial charge in [-0.25, -0.2) is 0 Å². The molecule has 0 aliphatic rings. The van der Waals surface area contributed by atoms with Gasteiger partial charge in [0.25, 0.3) is 0 Å². The van der Waals surface area contributed by atoms with Gasteiger partial charge in [-0.2, -0.15) is 0 Å². The summed E-state index contributed by atoms with van der Waals surface area (Å²) in [4.78, 5) is 10.5. The molecule has 0 rings (SSSR count). The quantitative estimate of drug-likeness (QED) is 0.410. The third-order valence-electron chi connectivity index (χ3n) is 2.24. The lowest BCUT2D eigenvalue weighted by molar-refractivity contribution is -0.114. The fraction of sp³-hybridized carbons (Fsp3) is 0.462. The van der Waals surface area contributed by atoms with Crippen LogP contribution in [-0.4, -0.2) is 12.4 Å². The van der Waals surface area contributed by atoms with E-state index in [0.717, 1.165) is 19.1 Å². The van der Waals surface area contributed by atoms with Crippen LogP contribution in [0.3, 0.4) is 0 Å². The van der Waals surface area contributed by atoms with Gasteiger partial charge in [0.1, 0.15) is 5.76 Å². The van der Waals surface area contributed by atoms with Crippen LogP contribution < -0.4 is 5.73 Å². The predicted molar refractivity (Wildman–Crippen MR) is 66.7 cm³/mol. The van der Waals surface area contributed by atoms with Crippen LogP contribution in [0.5, 0.6) is 0 Å². The summed E-state index contributed by atoms with van der Waals surface area (Å²) in [6, 6.07) is 0. The average molecular weight is 223 g/mol. The number of hydrogen-bond acceptors (Lipinski definition) is 3. The van der Waals surface area contributed by atoms with Crippen LogP contribution in [-0.2, 0) is 9.53 Å². The van der Waals surface area contributed by atoms with E-state index < -0.39 is 6.10 Å². The van der Waals surface area contributed by atoms with E-state index in [2.05, 4.69) is 20.4 Å². The fourth-order valence-electron chi connectivity index (χ4n) is 1.21. The minimum atomic E-state index is -0.508. The molecule has 0 aromatic carbocycles. The van der Waals surface area contributed by atoms with Crippen LogP contribution in [0.4, 0.5) is 0 Å². The van der Waals surface area contributed by atoms with Crippen molar-refractivity contribution >= 4 is 6.29 Å². The first-order chi connectivity index (χ1) is 7.58. The van der Waals surface area contributed by atoms with Crippen molar-refractivity contribution in [1.29, 1.82) is 0 Å². The number of hydrogen-bond donors (Lipinski definition) is 1. The summed E-state index contributed by atoms with van der Waals surface area (Å²) in [5, 5.41) is 0. The number of aldehydes is 1. The Bertz CT molecular complexity index is 297. The van der Waals surface area contributed by atoms with Crippen molar-refractivity contribution in [3.63, 3.8) is 0 Å². The number of rotatable bonds is 7. The summed E-state index contributed by atoms with van der Waals surface area (Å²) in [6.45, 7) is 9.43. The molecule has 0 amide bonds. The van der Waals surface area contributed by atoms with Crippen molar-refractivity contribution in [2.24, 2.45) is 5.73 Å². The summed E-state index contributed by atoms with van der Waals surface area (Å²) in [5.41, 5.74) is 7.63. The number of carbonyl (C=O) groups is 1. The van der Waals surface area contributed by atoms with Crippen LogP contribution in [0.15, 0.2) is 35.8 Å². The van der Waals surface area contributed by atoms with Crippen molar-refractivity contribution < 1.29 is 9.53 Å². The first kappa shape index (κ1) is 14.5. The summed E-state index contributed by atoms with van der Waals surface area (Å²) in [5.74, 6) is 0.457. The minimum Gasteiger partial charge on any atom is -0.481 e. The monoisotopic (exact) mass is 223 g/mol. The molecule has 0 spiro atoms. The molecule has 0 aromatic heterocycles. The smallest absolute Gasteiger partial charge is 0.160 e. The lowest BCUT2D eigenvalue weighted by Crippen LogP contribution is -2.12. The lowest BCUT2D eigenvalue weighted by atomic mass is 10.1. The Kier molecular flexibility index (Phi) is 7.01. The van der Waals surface area contributed by atoms with E-state index in [-0.39, 0.29) is 0 Å². The maximum absolute atomic E-state index is 10.5. The van der Waals surface area contributed by atoms with Crippen molar-refractivity contribution in [3.05, 3.63) is 35.8 Å². The molecule has 3 heteroatoms. The fourth-order valence-corrected chi connectivity index (χ4v) is 1.21. The third-order valence-corrected chi connectivity index (χ3v) is 2.24. The second-order valence-corrected chi connectivity index (χ2v) is 3.49. The number of allylic oxidation sites excluding steroid dienone is 3. The van der Waals surface area contributed by atoms with Crippen LogP contribution in [0.1, 0.15) is 33.6 Å². The van der Waals surface area contributed by atoms with E-state index in [4.69, 9.17) is 10.5 Å². The average Bonchev–Trinajstić information content (AvgIpc) is 2.31. The molecule has 90 valence electrons. The SMILES string of the molecule is C=C/C(OC(C)C=O)=C(/N)C=C(CC)CC. The Balaban J connectivity index is 4.92. The Morgan fingerprint density at radius 3 is 2.38 bits per heavy atom. The molecule has 0 bridgehead atoms. The molecule has 0 aromatic rings. The molecule has 0 aliphatic heterocycles. The maximum atomic E-state index is 10.5. The molecule has 0 radical (unpaired) electrons. The topological polar surface area (TPSA) is 52.3 Å². The largest absolute Gasteiger partial charge is 0.481 e. The van der Waals surface area contributed by atoms with Crippen molar-refractivity contribution in [1.82, 2.24) is 0 Å². The highest BCUT2D eigenvalue weighted by atomic mass is 16.5. The van der Waals surface area contributed by atoms with Gasteiger partial charge in [-0.05, 0) is 31.9 Å². The molecule has 0 saturated heterocycles. The number of ether oxygens (including phenoxy) is 1. The number of nitrogens with two attached hydrogens (primary N) is 1. The third kappa shape index (κ3) is 4.82. The highest BCUT2D eigenvalue weighted by Crippen LogP contribution is 2.12. The highest BCUT2D eigenvalue weighted by Gasteiger charge is 2.05. The van der Waals surface area contributed by atoms with Crippen LogP contribution in [0.25, 0.3) is 0 Å². The molecule has 16 heavy (non-hydrogen) atoms. The molecule has 0 saturated carbocycles. The van der Waals surface area contributed by atoms with Gasteiger partial charge in [0, 0.05) is 0 Å². The maximum Gasteiger partial charge on any atom is 0.160 e. The normalized spacial score (nSPS) is 13.4. The number of carbonyl (C=O) groups excluding carboxylic acids is 1. The van der Waals surface area contributed by atoms with Gasteiger partial charge < -0.3 is 10.5 Å². The van der Waals surface area contributed by atoms with Gasteiger partial charge in [-0.15, -0.1) is 0 Å². The van der Waals surface area contributed by atoms with E-state index in [9.17, 15) is 4.79 Å². The first-order valence-electron chi connectivity index (χ1n) is 5.52. The molecule has 0 heterocycles. The van der Waals surface area contributed by atoms with Gasteiger partial charge in [0.05, 0.1) is 5.70 Å². The zero-order valence-corrected chi connectivity index (χ0v) is 10.3. The second-order valence-electron chi connectivity index (χ2n) is 3.49. The van der Waals surface area contributed by atoms with Gasteiger partial charge in [0.15, 0.2) is 12.4 Å². The predicted octanol–water partition coefficient (Wildman–Crippen LogP) is 2.69. The Morgan fingerprint density at radius 2 is 2.00 bits per heavy atom. The highest BCUT2D eigenvalue weighted by molar-refractivity contribution is 5.55. The summed E-state index contributed by atoms with van der Waals surface area (Å²) < 4.78 is 5.32. The molecule has 0 fully saturated rings. The molecular weight excluding hydrogens is 202 g/mol. The zero-order chi connectivity index (χ0) is 12.6. The van der Waals surface area contributed by atoms with Crippen LogP contribution in [0.2, 0.25) is 0 Å². The molecular formula is C13H21NO2. The Hall–Kier alpha value is -1.51. The minimum absolute atomic E-state index is 0.457. The van der Waals surface area contributed by atoms with E-state index in [1.54, 1.807) is 6.92 Å². The zero-order valence-electron chi connectivity index (χ0n) is 10.3.